The number of nitrogens with one attached hydrogen (secondary N) is 1. The van der Waals surface area contributed by atoms with E-state index in [2.05, 4.69) is 35.1 Å². The summed E-state index contributed by atoms with van der Waals surface area (Å²) in [5.74, 6) is -0.378. The topological polar surface area (TPSA) is 29.1 Å². The van der Waals surface area contributed by atoms with Crippen LogP contribution in [0.1, 0.15) is 37.6 Å². The first-order chi connectivity index (χ1) is 7.91. The molecule has 0 fully saturated rings. The van der Waals surface area contributed by atoms with Gasteiger partial charge in [-0.1, -0.05) is 19.9 Å². The summed E-state index contributed by atoms with van der Waals surface area (Å²) in [6, 6.07) is 4.75. The monoisotopic (exact) mass is 301 g/mol. The van der Waals surface area contributed by atoms with E-state index in [0.29, 0.717) is 10.4 Å². The molecule has 2 nitrogen and oxygen atoms in total. The SMILES string of the molecule is CC(C)CC(C)NC(=O)c1cccc(Br)c1F. The fourth-order valence-electron chi connectivity index (χ4n) is 1.75. The number of hydrogen-bond acceptors (Lipinski definition) is 1. The lowest BCUT2D eigenvalue weighted by Gasteiger charge is -2.16. The Balaban J connectivity index is 2.73. The maximum atomic E-state index is 13.7. The van der Waals surface area contributed by atoms with Crippen LogP contribution in [0.4, 0.5) is 4.39 Å². The van der Waals surface area contributed by atoms with Gasteiger partial charge in [0, 0.05) is 6.04 Å². The third kappa shape index (κ3) is 4.11. The van der Waals surface area contributed by atoms with E-state index >= 15 is 0 Å². The molecule has 1 amide bonds. The van der Waals surface area contributed by atoms with E-state index in [-0.39, 0.29) is 17.5 Å². The van der Waals surface area contributed by atoms with E-state index < -0.39 is 5.82 Å². The molecule has 0 aliphatic carbocycles. The second-order valence-electron chi connectivity index (χ2n) is 4.61. The molecule has 0 aliphatic rings. The summed E-state index contributed by atoms with van der Waals surface area (Å²) in [4.78, 5) is 11.8. The zero-order valence-electron chi connectivity index (χ0n) is 10.3. The Morgan fingerprint density at radius 3 is 2.65 bits per heavy atom. The fraction of sp³-hybridized carbons (Fsp3) is 0.462. The molecule has 1 atom stereocenters. The predicted molar refractivity (Wildman–Crippen MR) is 70.5 cm³/mol. The lowest BCUT2D eigenvalue weighted by atomic mass is 10.0. The molecule has 1 rings (SSSR count). The molecule has 1 N–H and O–H groups in total. The maximum Gasteiger partial charge on any atom is 0.254 e. The molecular weight excluding hydrogens is 285 g/mol. The van der Waals surface area contributed by atoms with Gasteiger partial charge >= 0.3 is 0 Å². The van der Waals surface area contributed by atoms with Crippen LogP contribution >= 0.6 is 15.9 Å². The lowest BCUT2D eigenvalue weighted by molar-refractivity contribution is 0.0932. The van der Waals surface area contributed by atoms with Crippen LogP contribution in [-0.2, 0) is 0 Å². The number of carbonyl (C=O) groups excluding carboxylic acids is 1. The Bertz CT molecular complexity index is 406. The van der Waals surface area contributed by atoms with Crippen LogP contribution in [0.2, 0.25) is 0 Å². The summed E-state index contributed by atoms with van der Waals surface area (Å²) in [5, 5.41) is 2.80. The summed E-state index contributed by atoms with van der Waals surface area (Å²) in [7, 11) is 0. The highest BCUT2D eigenvalue weighted by Crippen LogP contribution is 2.18. The van der Waals surface area contributed by atoms with Crippen molar-refractivity contribution in [2.45, 2.75) is 33.2 Å². The Morgan fingerprint density at radius 1 is 1.41 bits per heavy atom. The Kier molecular flexibility index (Phi) is 5.12. The number of hydrogen-bond donors (Lipinski definition) is 1. The highest BCUT2D eigenvalue weighted by Gasteiger charge is 2.16. The van der Waals surface area contributed by atoms with Gasteiger partial charge in [-0.2, -0.15) is 0 Å². The maximum absolute atomic E-state index is 13.7. The average Bonchev–Trinajstić information content (AvgIpc) is 2.20. The van der Waals surface area contributed by atoms with Crippen molar-refractivity contribution in [3.05, 3.63) is 34.1 Å². The van der Waals surface area contributed by atoms with Gasteiger partial charge < -0.3 is 5.32 Å². The second kappa shape index (κ2) is 6.15. The molecule has 0 bridgehead atoms. The predicted octanol–water partition coefficient (Wildman–Crippen LogP) is 3.75. The largest absolute Gasteiger partial charge is 0.349 e. The quantitative estimate of drug-likeness (QED) is 0.901. The van der Waals surface area contributed by atoms with Crippen molar-refractivity contribution in [3.8, 4) is 0 Å². The molecule has 0 aromatic heterocycles. The molecule has 0 saturated heterocycles. The number of rotatable bonds is 4. The van der Waals surface area contributed by atoms with Gasteiger partial charge in [-0.25, -0.2) is 4.39 Å². The normalized spacial score (nSPS) is 12.6. The molecule has 0 heterocycles. The van der Waals surface area contributed by atoms with Crippen molar-refractivity contribution in [2.24, 2.45) is 5.92 Å². The third-order valence-electron chi connectivity index (χ3n) is 2.40. The summed E-state index contributed by atoms with van der Waals surface area (Å²) >= 11 is 3.07. The molecule has 17 heavy (non-hydrogen) atoms. The van der Waals surface area contributed by atoms with Crippen molar-refractivity contribution in [2.75, 3.05) is 0 Å². The molecule has 1 unspecified atom stereocenters. The van der Waals surface area contributed by atoms with Gasteiger partial charge in [-0.15, -0.1) is 0 Å². The minimum Gasteiger partial charge on any atom is -0.349 e. The van der Waals surface area contributed by atoms with Gasteiger partial charge in [0.25, 0.3) is 5.91 Å². The Labute approximate surface area is 110 Å². The van der Waals surface area contributed by atoms with Crippen LogP contribution in [0.5, 0.6) is 0 Å². The third-order valence-corrected chi connectivity index (χ3v) is 3.01. The molecule has 0 spiro atoms. The van der Waals surface area contributed by atoms with Gasteiger partial charge in [-0.3, -0.25) is 4.79 Å². The smallest absolute Gasteiger partial charge is 0.254 e. The van der Waals surface area contributed by atoms with Crippen LogP contribution < -0.4 is 5.32 Å². The molecule has 94 valence electrons. The minimum atomic E-state index is -0.512. The molecular formula is C13H17BrFNO. The summed E-state index contributed by atoms with van der Waals surface area (Å²) in [6.07, 6.45) is 0.876. The molecule has 4 heteroatoms. The fourth-order valence-corrected chi connectivity index (χ4v) is 2.11. The summed E-state index contributed by atoms with van der Waals surface area (Å²) < 4.78 is 14.0. The molecule has 1 aromatic rings. The van der Waals surface area contributed by atoms with Gasteiger partial charge in [0.05, 0.1) is 10.0 Å². The molecule has 0 aliphatic heterocycles. The van der Waals surface area contributed by atoms with Crippen LogP contribution in [0.15, 0.2) is 22.7 Å². The van der Waals surface area contributed by atoms with E-state index in [1.54, 1.807) is 12.1 Å². The first-order valence-corrected chi connectivity index (χ1v) is 6.46. The van der Waals surface area contributed by atoms with E-state index in [9.17, 15) is 9.18 Å². The van der Waals surface area contributed by atoms with E-state index in [1.165, 1.54) is 6.07 Å². The van der Waals surface area contributed by atoms with Crippen LogP contribution in [0.3, 0.4) is 0 Å². The molecule has 0 saturated carbocycles. The van der Waals surface area contributed by atoms with Crippen molar-refractivity contribution < 1.29 is 9.18 Å². The average molecular weight is 302 g/mol. The van der Waals surface area contributed by atoms with Crippen molar-refractivity contribution in [3.63, 3.8) is 0 Å². The first-order valence-electron chi connectivity index (χ1n) is 5.66. The van der Waals surface area contributed by atoms with E-state index in [0.717, 1.165) is 6.42 Å². The first kappa shape index (κ1) is 14.2. The van der Waals surface area contributed by atoms with Crippen LogP contribution in [0.25, 0.3) is 0 Å². The van der Waals surface area contributed by atoms with Crippen molar-refractivity contribution >= 4 is 21.8 Å². The number of benzene rings is 1. The standard InChI is InChI=1S/C13H17BrFNO/c1-8(2)7-9(3)16-13(17)10-5-4-6-11(14)12(10)15/h4-6,8-9H,7H2,1-3H3,(H,16,17). The highest BCUT2D eigenvalue weighted by atomic mass is 79.9. The number of carbonyl (C=O) groups is 1. The molecule has 1 aromatic carbocycles. The highest BCUT2D eigenvalue weighted by molar-refractivity contribution is 9.10. The van der Waals surface area contributed by atoms with Crippen LogP contribution in [-0.4, -0.2) is 11.9 Å². The van der Waals surface area contributed by atoms with Crippen molar-refractivity contribution in [1.29, 1.82) is 0 Å². The van der Waals surface area contributed by atoms with Crippen molar-refractivity contribution in [1.82, 2.24) is 5.32 Å². The second-order valence-corrected chi connectivity index (χ2v) is 5.46. The van der Waals surface area contributed by atoms with Crippen LogP contribution in [0, 0.1) is 11.7 Å². The number of halogens is 2. The number of amides is 1. The van der Waals surface area contributed by atoms with Gasteiger partial charge in [0.15, 0.2) is 0 Å². The summed E-state index contributed by atoms with van der Waals surface area (Å²) in [6.45, 7) is 6.10. The minimum absolute atomic E-state index is 0.0425. The van der Waals surface area contributed by atoms with E-state index in [4.69, 9.17) is 0 Å². The summed E-state index contributed by atoms with van der Waals surface area (Å²) in [5.41, 5.74) is 0.0787. The zero-order valence-corrected chi connectivity index (χ0v) is 11.8. The zero-order chi connectivity index (χ0) is 13.0. The van der Waals surface area contributed by atoms with Gasteiger partial charge in [0.2, 0.25) is 0 Å². The van der Waals surface area contributed by atoms with Gasteiger partial charge in [-0.05, 0) is 47.3 Å². The Morgan fingerprint density at radius 2 is 2.06 bits per heavy atom. The molecule has 0 radical (unpaired) electrons. The Hall–Kier alpha value is -0.900. The van der Waals surface area contributed by atoms with E-state index in [1.807, 2.05) is 6.92 Å². The lowest BCUT2D eigenvalue weighted by Crippen LogP contribution is -2.34. The van der Waals surface area contributed by atoms with Gasteiger partial charge in [0.1, 0.15) is 5.82 Å².